The van der Waals surface area contributed by atoms with Crippen LogP contribution in [0.4, 0.5) is 5.95 Å². The molecule has 2 aromatic rings. The van der Waals surface area contributed by atoms with Gasteiger partial charge in [0.2, 0.25) is 5.95 Å². The number of hydrogen-bond donors (Lipinski definition) is 1. The van der Waals surface area contributed by atoms with Crippen molar-refractivity contribution in [1.82, 2.24) is 19.9 Å². The van der Waals surface area contributed by atoms with E-state index in [4.69, 9.17) is 0 Å². The summed E-state index contributed by atoms with van der Waals surface area (Å²) in [5.41, 5.74) is 0. The lowest BCUT2D eigenvalue weighted by atomic mass is 10.7. The fourth-order valence-electron chi connectivity index (χ4n) is 0.966. The van der Waals surface area contributed by atoms with E-state index in [9.17, 15) is 0 Å². The van der Waals surface area contributed by atoms with Crippen LogP contribution in [-0.4, -0.2) is 27.0 Å². The molecule has 0 aliphatic carbocycles. The van der Waals surface area contributed by atoms with Crippen LogP contribution >= 0.6 is 11.8 Å². The van der Waals surface area contributed by atoms with E-state index in [-0.39, 0.29) is 0 Å². The Kier molecular flexibility index (Phi) is 3.08. The van der Waals surface area contributed by atoms with Crippen LogP contribution in [0.25, 0.3) is 0 Å². The van der Waals surface area contributed by atoms with Gasteiger partial charge >= 0.3 is 0 Å². The molecule has 2 aromatic heterocycles. The zero-order chi connectivity index (χ0) is 10.5. The molecule has 2 rings (SSSR count). The summed E-state index contributed by atoms with van der Waals surface area (Å²) in [6.45, 7) is 0. The Bertz CT molecular complexity index is 434. The number of nitrogens with zero attached hydrogens (tertiary/aromatic N) is 4. The van der Waals surface area contributed by atoms with Gasteiger partial charge in [0.15, 0.2) is 0 Å². The van der Waals surface area contributed by atoms with E-state index >= 15 is 0 Å². The minimum Gasteiger partial charge on any atom is -0.357 e. The molecule has 0 aromatic carbocycles. The average molecular weight is 219 g/mol. The molecule has 0 spiro atoms. The van der Waals surface area contributed by atoms with E-state index in [1.807, 2.05) is 12.1 Å². The normalized spacial score (nSPS) is 9.93. The maximum atomic E-state index is 4.27. The van der Waals surface area contributed by atoms with E-state index < -0.39 is 0 Å². The van der Waals surface area contributed by atoms with Crippen molar-refractivity contribution in [2.75, 3.05) is 12.4 Å². The molecule has 0 aliphatic rings. The van der Waals surface area contributed by atoms with Crippen LogP contribution < -0.4 is 5.32 Å². The molecule has 0 atom stereocenters. The van der Waals surface area contributed by atoms with Crippen molar-refractivity contribution >= 4 is 17.7 Å². The largest absolute Gasteiger partial charge is 0.357 e. The summed E-state index contributed by atoms with van der Waals surface area (Å²) in [5.74, 6) is 0.606. The predicted octanol–water partition coefficient (Wildman–Crippen LogP) is 1.46. The Hall–Kier alpha value is -1.69. The smallest absolute Gasteiger partial charge is 0.223 e. The zero-order valence-electron chi connectivity index (χ0n) is 8.08. The summed E-state index contributed by atoms with van der Waals surface area (Å²) in [6.07, 6.45) is 4.93. The van der Waals surface area contributed by atoms with Crippen LogP contribution in [0.15, 0.2) is 40.9 Å². The first-order valence-electron chi connectivity index (χ1n) is 4.33. The molecule has 76 valence electrons. The fraction of sp³-hybridized carbons (Fsp3) is 0.111. The Morgan fingerprint density at radius 3 is 2.73 bits per heavy atom. The van der Waals surface area contributed by atoms with Crippen molar-refractivity contribution < 1.29 is 0 Å². The summed E-state index contributed by atoms with van der Waals surface area (Å²) in [6, 6.07) is 3.68. The summed E-state index contributed by atoms with van der Waals surface area (Å²) >= 11 is 1.47. The molecule has 0 fully saturated rings. The van der Waals surface area contributed by atoms with Crippen molar-refractivity contribution in [1.29, 1.82) is 0 Å². The Balaban J connectivity index is 2.17. The van der Waals surface area contributed by atoms with E-state index in [0.717, 1.165) is 10.1 Å². The highest BCUT2D eigenvalue weighted by Gasteiger charge is 2.00. The maximum absolute atomic E-state index is 4.27. The molecule has 0 unspecified atom stereocenters. The third-order valence-electron chi connectivity index (χ3n) is 1.62. The monoisotopic (exact) mass is 219 g/mol. The second-order valence-electron chi connectivity index (χ2n) is 2.62. The van der Waals surface area contributed by atoms with Gasteiger partial charge in [0.05, 0.1) is 0 Å². The second-order valence-corrected chi connectivity index (χ2v) is 3.66. The van der Waals surface area contributed by atoms with Gasteiger partial charge in [-0.3, -0.25) is 0 Å². The van der Waals surface area contributed by atoms with Gasteiger partial charge in [0.1, 0.15) is 16.4 Å². The van der Waals surface area contributed by atoms with E-state index in [1.165, 1.54) is 18.1 Å². The number of aromatic nitrogens is 4. The van der Waals surface area contributed by atoms with Gasteiger partial charge < -0.3 is 5.32 Å². The second kappa shape index (κ2) is 4.70. The first-order chi connectivity index (χ1) is 7.38. The molecule has 0 amide bonds. The van der Waals surface area contributed by atoms with Gasteiger partial charge in [-0.25, -0.2) is 19.9 Å². The van der Waals surface area contributed by atoms with Crippen molar-refractivity contribution in [2.24, 2.45) is 0 Å². The van der Waals surface area contributed by atoms with E-state index in [2.05, 4.69) is 25.3 Å². The first kappa shape index (κ1) is 9.85. The van der Waals surface area contributed by atoms with Gasteiger partial charge in [-0.2, -0.15) is 0 Å². The van der Waals surface area contributed by atoms with Crippen LogP contribution in [0, 0.1) is 0 Å². The molecular weight excluding hydrogens is 210 g/mol. The highest BCUT2D eigenvalue weighted by molar-refractivity contribution is 7.99. The van der Waals surface area contributed by atoms with Crippen LogP contribution in [0.5, 0.6) is 0 Å². The summed E-state index contributed by atoms with van der Waals surface area (Å²) in [4.78, 5) is 16.2. The lowest BCUT2D eigenvalue weighted by Crippen LogP contribution is -1.95. The molecule has 6 heteroatoms. The molecular formula is C9H9N5S. The number of anilines is 1. The summed E-state index contributed by atoms with van der Waals surface area (Å²) in [7, 11) is 1.79. The van der Waals surface area contributed by atoms with E-state index in [1.54, 1.807) is 19.4 Å². The predicted molar refractivity (Wildman–Crippen MR) is 57.7 cm³/mol. The average Bonchev–Trinajstić information content (AvgIpc) is 2.31. The minimum atomic E-state index is 0.606. The number of rotatable bonds is 3. The van der Waals surface area contributed by atoms with Gasteiger partial charge in [-0.15, -0.1) is 0 Å². The lowest BCUT2D eigenvalue weighted by molar-refractivity contribution is 1.02. The molecule has 0 bridgehead atoms. The molecule has 0 saturated heterocycles. The minimum absolute atomic E-state index is 0.606. The third kappa shape index (κ3) is 2.63. The first-order valence-corrected chi connectivity index (χ1v) is 5.15. The molecule has 1 N–H and O–H groups in total. The Morgan fingerprint density at radius 2 is 2.00 bits per heavy atom. The highest BCUT2D eigenvalue weighted by atomic mass is 32.2. The molecule has 5 nitrogen and oxygen atoms in total. The zero-order valence-corrected chi connectivity index (χ0v) is 8.90. The standard InChI is InChI=1S/C9H9N5S/c1-10-9-12-5-3-8(14-9)15-7-2-4-11-6-13-7/h2-6H,1H3,(H,10,12,14). The van der Waals surface area contributed by atoms with Crippen LogP contribution in [0.3, 0.4) is 0 Å². The van der Waals surface area contributed by atoms with Crippen LogP contribution in [0.1, 0.15) is 0 Å². The van der Waals surface area contributed by atoms with Crippen molar-refractivity contribution in [3.8, 4) is 0 Å². The van der Waals surface area contributed by atoms with Crippen molar-refractivity contribution in [2.45, 2.75) is 10.1 Å². The van der Waals surface area contributed by atoms with E-state index in [0.29, 0.717) is 5.95 Å². The number of nitrogens with one attached hydrogen (secondary N) is 1. The fourth-order valence-corrected chi connectivity index (χ4v) is 1.67. The quantitative estimate of drug-likeness (QED) is 0.788. The van der Waals surface area contributed by atoms with Crippen LogP contribution in [-0.2, 0) is 0 Å². The third-order valence-corrected chi connectivity index (χ3v) is 2.50. The van der Waals surface area contributed by atoms with Crippen molar-refractivity contribution in [3.05, 3.63) is 30.9 Å². The SMILES string of the molecule is CNc1nccc(Sc2ccncn2)n1. The molecule has 0 aliphatic heterocycles. The van der Waals surface area contributed by atoms with Gasteiger partial charge in [-0.1, -0.05) is 0 Å². The Labute approximate surface area is 91.4 Å². The van der Waals surface area contributed by atoms with Crippen molar-refractivity contribution in [3.63, 3.8) is 0 Å². The highest BCUT2D eigenvalue weighted by Crippen LogP contribution is 2.23. The topological polar surface area (TPSA) is 63.6 Å². The van der Waals surface area contributed by atoms with Crippen LogP contribution in [0.2, 0.25) is 0 Å². The molecule has 0 saturated carbocycles. The van der Waals surface area contributed by atoms with Gasteiger partial charge in [0.25, 0.3) is 0 Å². The Morgan fingerprint density at radius 1 is 1.13 bits per heavy atom. The summed E-state index contributed by atoms with van der Waals surface area (Å²) in [5, 5.41) is 4.61. The molecule has 15 heavy (non-hydrogen) atoms. The lowest BCUT2D eigenvalue weighted by Gasteiger charge is -2.01. The molecule has 2 heterocycles. The maximum Gasteiger partial charge on any atom is 0.223 e. The molecule has 0 radical (unpaired) electrons. The summed E-state index contributed by atoms with van der Waals surface area (Å²) < 4.78 is 0. The number of hydrogen-bond acceptors (Lipinski definition) is 6. The van der Waals surface area contributed by atoms with Gasteiger partial charge in [-0.05, 0) is 23.9 Å². The van der Waals surface area contributed by atoms with Gasteiger partial charge in [0, 0.05) is 19.4 Å².